The average Bonchev–Trinajstić information content (AvgIpc) is 2.67. The summed E-state index contributed by atoms with van der Waals surface area (Å²) in [5.41, 5.74) is 9.77. The van der Waals surface area contributed by atoms with E-state index in [9.17, 15) is 4.39 Å². The Bertz CT molecular complexity index is 589. The Kier molecular flexibility index (Phi) is 2.67. The van der Waals surface area contributed by atoms with Gasteiger partial charge in [0.05, 0.1) is 5.69 Å². The van der Waals surface area contributed by atoms with Gasteiger partial charge in [-0.05, 0) is 43.9 Å². The fraction of sp³-hybridized carbons (Fsp3) is 0.357. The number of benzene rings is 1. The molecule has 0 saturated carbocycles. The molecule has 0 bridgehead atoms. The van der Waals surface area contributed by atoms with Crippen LogP contribution in [0.5, 0.6) is 0 Å². The van der Waals surface area contributed by atoms with Crippen LogP contribution < -0.4 is 5.73 Å². The molecule has 1 aromatic carbocycles. The van der Waals surface area contributed by atoms with Crippen molar-refractivity contribution in [1.82, 2.24) is 9.78 Å². The highest BCUT2D eigenvalue weighted by Crippen LogP contribution is 2.26. The molecule has 0 radical (unpaired) electrons. The summed E-state index contributed by atoms with van der Waals surface area (Å²) in [6.45, 7) is 1.97. The molecule has 1 aliphatic rings. The highest BCUT2D eigenvalue weighted by molar-refractivity contribution is 5.40. The van der Waals surface area contributed by atoms with E-state index in [4.69, 9.17) is 5.73 Å². The van der Waals surface area contributed by atoms with Gasteiger partial charge in [0.2, 0.25) is 0 Å². The van der Waals surface area contributed by atoms with Crippen molar-refractivity contribution in [2.75, 3.05) is 0 Å². The van der Waals surface area contributed by atoms with Gasteiger partial charge in [-0.15, -0.1) is 0 Å². The van der Waals surface area contributed by atoms with E-state index >= 15 is 0 Å². The number of para-hydroxylation sites is 1. The second kappa shape index (κ2) is 4.21. The largest absolute Gasteiger partial charge is 0.327 e. The molecule has 3 rings (SSSR count). The first-order chi connectivity index (χ1) is 8.66. The highest BCUT2D eigenvalue weighted by Gasteiger charge is 2.24. The smallest absolute Gasteiger partial charge is 0.148 e. The lowest BCUT2D eigenvalue weighted by Crippen LogP contribution is -2.28. The van der Waals surface area contributed by atoms with E-state index in [1.54, 1.807) is 16.8 Å². The van der Waals surface area contributed by atoms with Crippen molar-refractivity contribution >= 4 is 0 Å². The molecule has 1 aromatic heterocycles. The maximum Gasteiger partial charge on any atom is 0.148 e. The van der Waals surface area contributed by atoms with Crippen LogP contribution >= 0.6 is 0 Å². The fourth-order valence-electron chi connectivity index (χ4n) is 2.64. The molecule has 1 aliphatic carbocycles. The standard InChI is InChI=1S/C14H16FN3/c1-9-11-8-10(16)6-7-13(11)18(17-9)14-5-3-2-4-12(14)15/h2-5,10H,6-8,16H2,1H3. The van der Waals surface area contributed by atoms with Crippen LogP contribution in [0.2, 0.25) is 0 Å². The molecule has 3 nitrogen and oxygen atoms in total. The van der Waals surface area contributed by atoms with Crippen LogP contribution in [0.15, 0.2) is 24.3 Å². The van der Waals surface area contributed by atoms with Crippen molar-refractivity contribution in [2.24, 2.45) is 5.73 Å². The third-order valence-corrected chi connectivity index (χ3v) is 3.59. The lowest BCUT2D eigenvalue weighted by Gasteiger charge is -2.19. The third-order valence-electron chi connectivity index (χ3n) is 3.59. The molecule has 2 N–H and O–H groups in total. The summed E-state index contributed by atoms with van der Waals surface area (Å²) in [4.78, 5) is 0. The third kappa shape index (κ3) is 1.73. The van der Waals surface area contributed by atoms with Crippen molar-refractivity contribution in [1.29, 1.82) is 0 Å². The number of fused-ring (bicyclic) bond motifs is 1. The quantitative estimate of drug-likeness (QED) is 0.836. The summed E-state index contributed by atoms with van der Waals surface area (Å²) in [7, 11) is 0. The Balaban J connectivity index is 2.15. The molecule has 94 valence electrons. The molecule has 2 aromatic rings. The molecule has 0 fully saturated rings. The van der Waals surface area contributed by atoms with Crippen molar-refractivity contribution in [3.63, 3.8) is 0 Å². The van der Waals surface area contributed by atoms with Crippen molar-refractivity contribution in [3.05, 3.63) is 47.0 Å². The van der Waals surface area contributed by atoms with Gasteiger partial charge in [0.15, 0.2) is 0 Å². The Labute approximate surface area is 105 Å². The van der Waals surface area contributed by atoms with Crippen LogP contribution in [-0.4, -0.2) is 15.8 Å². The van der Waals surface area contributed by atoms with E-state index in [2.05, 4.69) is 5.10 Å². The Morgan fingerprint density at radius 3 is 2.94 bits per heavy atom. The number of hydrogen-bond donors (Lipinski definition) is 1. The summed E-state index contributed by atoms with van der Waals surface area (Å²) in [5, 5.41) is 4.48. The minimum Gasteiger partial charge on any atom is -0.327 e. The summed E-state index contributed by atoms with van der Waals surface area (Å²) in [6, 6.07) is 6.95. The molecular formula is C14H16FN3. The minimum absolute atomic E-state index is 0.203. The Morgan fingerprint density at radius 2 is 2.17 bits per heavy atom. The van der Waals surface area contributed by atoms with Crippen LogP contribution in [-0.2, 0) is 12.8 Å². The maximum absolute atomic E-state index is 13.8. The predicted molar refractivity (Wildman–Crippen MR) is 68.3 cm³/mol. The van der Waals surface area contributed by atoms with Gasteiger partial charge in [-0.2, -0.15) is 5.10 Å². The highest BCUT2D eigenvalue weighted by atomic mass is 19.1. The van der Waals surface area contributed by atoms with Crippen LogP contribution in [0.3, 0.4) is 0 Å². The number of aromatic nitrogens is 2. The van der Waals surface area contributed by atoms with Crippen molar-refractivity contribution < 1.29 is 4.39 Å². The number of hydrogen-bond acceptors (Lipinski definition) is 2. The summed E-state index contributed by atoms with van der Waals surface area (Å²) < 4.78 is 15.6. The van der Waals surface area contributed by atoms with E-state index in [1.807, 2.05) is 13.0 Å². The molecule has 0 spiro atoms. The monoisotopic (exact) mass is 245 g/mol. The lowest BCUT2D eigenvalue weighted by molar-refractivity contribution is 0.555. The fourth-order valence-corrected chi connectivity index (χ4v) is 2.64. The van der Waals surface area contributed by atoms with Crippen molar-refractivity contribution in [2.45, 2.75) is 32.2 Å². The molecule has 0 saturated heterocycles. The molecule has 1 unspecified atom stereocenters. The van der Waals surface area contributed by atoms with Gasteiger partial charge in [0, 0.05) is 11.7 Å². The maximum atomic E-state index is 13.8. The number of nitrogens with two attached hydrogens (primary N) is 1. The van der Waals surface area contributed by atoms with Gasteiger partial charge >= 0.3 is 0 Å². The van der Waals surface area contributed by atoms with Crippen LogP contribution in [0, 0.1) is 12.7 Å². The van der Waals surface area contributed by atoms with Crippen molar-refractivity contribution in [3.8, 4) is 5.69 Å². The number of halogens is 1. The molecule has 0 aliphatic heterocycles. The van der Waals surface area contributed by atoms with Crippen LogP contribution in [0.1, 0.15) is 23.4 Å². The van der Waals surface area contributed by atoms with Gasteiger partial charge in [0.25, 0.3) is 0 Å². The summed E-state index contributed by atoms with van der Waals surface area (Å²) in [5.74, 6) is -0.238. The van der Waals surface area contributed by atoms with E-state index in [0.29, 0.717) is 5.69 Å². The van der Waals surface area contributed by atoms with E-state index in [1.165, 1.54) is 11.6 Å². The Hall–Kier alpha value is -1.68. The molecule has 1 heterocycles. The molecule has 4 heteroatoms. The van der Waals surface area contributed by atoms with Crippen LogP contribution in [0.25, 0.3) is 5.69 Å². The average molecular weight is 245 g/mol. The van der Waals surface area contributed by atoms with Gasteiger partial charge < -0.3 is 5.73 Å². The summed E-state index contributed by atoms with van der Waals surface area (Å²) >= 11 is 0. The Morgan fingerprint density at radius 1 is 1.39 bits per heavy atom. The zero-order valence-corrected chi connectivity index (χ0v) is 10.4. The summed E-state index contributed by atoms with van der Waals surface area (Å²) in [6.07, 6.45) is 2.65. The second-order valence-electron chi connectivity index (χ2n) is 4.88. The zero-order valence-electron chi connectivity index (χ0n) is 10.4. The van der Waals surface area contributed by atoms with E-state index in [-0.39, 0.29) is 11.9 Å². The van der Waals surface area contributed by atoms with Gasteiger partial charge in [-0.1, -0.05) is 12.1 Å². The molecule has 18 heavy (non-hydrogen) atoms. The normalized spacial score (nSPS) is 18.7. The second-order valence-corrected chi connectivity index (χ2v) is 4.88. The van der Waals surface area contributed by atoms with E-state index in [0.717, 1.165) is 30.7 Å². The topological polar surface area (TPSA) is 43.8 Å². The SMILES string of the molecule is Cc1nn(-c2ccccc2F)c2c1CC(N)CC2. The first-order valence-electron chi connectivity index (χ1n) is 6.24. The predicted octanol–water partition coefficient (Wildman–Crippen LogP) is 2.14. The minimum atomic E-state index is -0.238. The lowest BCUT2D eigenvalue weighted by atomic mass is 9.92. The van der Waals surface area contributed by atoms with E-state index < -0.39 is 0 Å². The molecular weight excluding hydrogens is 229 g/mol. The number of nitrogens with zero attached hydrogens (tertiary/aromatic N) is 2. The van der Waals surface area contributed by atoms with Gasteiger partial charge in [-0.25, -0.2) is 9.07 Å². The first-order valence-corrected chi connectivity index (χ1v) is 6.24. The van der Waals surface area contributed by atoms with Gasteiger partial charge in [-0.3, -0.25) is 0 Å². The molecule has 0 amide bonds. The van der Waals surface area contributed by atoms with Crippen LogP contribution in [0.4, 0.5) is 4.39 Å². The van der Waals surface area contributed by atoms with Gasteiger partial charge in [0.1, 0.15) is 11.5 Å². The first kappa shape index (κ1) is 11.4. The zero-order chi connectivity index (χ0) is 12.7. The number of aryl methyl sites for hydroxylation is 1. The number of rotatable bonds is 1. The molecule has 1 atom stereocenters.